The van der Waals surface area contributed by atoms with Gasteiger partial charge in [-0.25, -0.2) is 0 Å². The molecule has 0 atom stereocenters. The van der Waals surface area contributed by atoms with Gasteiger partial charge in [-0.1, -0.05) is 92.7 Å². The molecule has 1 aromatic carbocycles. The van der Waals surface area contributed by atoms with Gasteiger partial charge < -0.3 is 4.74 Å². The van der Waals surface area contributed by atoms with Gasteiger partial charge in [-0.3, -0.25) is 4.79 Å². The summed E-state index contributed by atoms with van der Waals surface area (Å²) in [7, 11) is 0. The molecule has 0 spiro atoms. The van der Waals surface area contributed by atoms with E-state index >= 15 is 0 Å². The summed E-state index contributed by atoms with van der Waals surface area (Å²) in [6.07, 6.45) is 8.49. The minimum atomic E-state index is -0.0660. The molecule has 0 amide bonds. The molecule has 0 N–H and O–H groups in total. The second kappa shape index (κ2) is 11.0. The third kappa shape index (κ3) is 8.37. The number of benzene rings is 1. The van der Waals surface area contributed by atoms with Crippen LogP contribution in [0.1, 0.15) is 116 Å². The molecule has 0 saturated carbocycles. The molecule has 0 aromatic heterocycles. The lowest BCUT2D eigenvalue weighted by molar-refractivity contribution is -0.143. The zero-order chi connectivity index (χ0) is 21.4. The van der Waals surface area contributed by atoms with E-state index in [9.17, 15) is 4.79 Å². The molecule has 0 fully saturated rings. The Bertz CT molecular complexity index is 579. The van der Waals surface area contributed by atoms with Crippen molar-refractivity contribution >= 4 is 5.97 Å². The van der Waals surface area contributed by atoms with E-state index in [1.54, 1.807) is 0 Å². The van der Waals surface area contributed by atoms with Gasteiger partial charge in [-0.15, -0.1) is 0 Å². The molecule has 0 saturated heterocycles. The van der Waals surface area contributed by atoms with Crippen molar-refractivity contribution < 1.29 is 9.53 Å². The first-order valence-electron chi connectivity index (χ1n) is 11.3. The molecule has 0 unspecified atom stereocenters. The zero-order valence-corrected chi connectivity index (χ0v) is 19.8. The highest BCUT2D eigenvalue weighted by atomic mass is 16.5. The van der Waals surface area contributed by atoms with E-state index in [1.165, 1.54) is 47.9 Å². The Kier molecular flexibility index (Phi) is 9.74. The van der Waals surface area contributed by atoms with Crippen molar-refractivity contribution in [3.05, 3.63) is 34.4 Å². The number of aryl methyl sites for hydroxylation is 1. The van der Waals surface area contributed by atoms with Gasteiger partial charge >= 0.3 is 5.97 Å². The molecule has 0 bridgehead atoms. The standard InChI is InChI=1S/C26H44O2/c1-9-10-11-12-13-14-17-28-24(27)16-15-21-18-22(25(3,4)5)20(2)23(19-21)26(6,7)8/h18-19H,9-17H2,1-8H3. The summed E-state index contributed by atoms with van der Waals surface area (Å²) < 4.78 is 5.45. The van der Waals surface area contributed by atoms with Crippen molar-refractivity contribution in [2.45, 2.75) is 118 Å². The van der Waals surface area contributed by atoms with Gasteiger partial charge in [0.15, 0.2) is 0 Å². The lowest BCUT2D eigenvalue weighted by Crippen LogP contribution is -2.20. The summed E-state index contributed by atoms with van der Waals surface area (Å²) in [5, 5.41) is 0. The maximum absolute atomic E-state index is 12.2. The van der Waals surface area contributed by atoms with E-state index < -0.39 is 0 Å². The predicted octanol–water partition coefficient (Wildman–Crippen LogP) is 7.43. The molecule has 0 heterocycles. The molecular formula is C26H44O2. The maximum atomic E-state index is 12.2. The van der Waals surface area contributed by atoms with Gasteiger partial charge in [0.05, 0.1) is 6.61 Å². The summed E-state index contributed by atoms with van der Waals surface area (Å²) in [6.45, 7) is 18.6. The van der Waals surface area contributed by atoms with Crippen LogP contribution in [0.5, 0.6) is 0 Å². The first-order valence-corrected chi connectivity index (χ1v) is 11.3. The molecule has 0 aliphatic rings. The Morgan fingerprint density at radius 3 is 1.86 bits per heavy atom. The molecule has 1 aromatic rings. The molecule has 0 aliphatic carbocycles. The average Bonchev–Trinajstić information content (AvgIpc) is 2.58. The predicted molar refractivity (Wildman–Crippen MR) is 121 cm³/mol. The van der Waals surface area contributed by atoms with E-state index in [1.807, 2.05) is 0 Å². The van der Waals surface area contributed by atoms with Gasteiger partial charge in [-0.05, 0) is 52.8 Å². The number of carbonyl (C=O) groups is 1. The maximum Gasteiger partial charge on any atom is 0.306 e. The first kappa shape index (κ1) is 24.7. The molecule has 2 nitrogen and oxygen atoms in total. The Morgan fingerprint density at radius 2 is 1.36 bits per heavy atom. The van der Waals surface area contributed by atoms with Gasteiger partial charge in [0.1, 0.15) is 0 Å². The van der Waals surface area contributed by atoms with E-state index in [0.717, 1.165) is 19.3 Å². The number of ether oxygens (including phenoxy) is 1. The quantitative estimate of drug-likeness (QED) is 0.308. The SMILES string of the molecule is CCCCCCCCOC(=O)CCc1cc(C(C)(C)C)c(C)c(C(C)(C)C)c1. The number of carbonyl (C=O) groups excluding carboxylic acids is 1. The van der Waals surface area contributed by atoms with Crippen LogP contribution in [0.3, 0.4) is 0 Å². The van der Waals surface area contributed by atoms with Crippen LogP contribution >= 0.6 is 0 Å². The third-order valence-corrected chi connectivity index (χ3v) is 5.46. The van der Waals surface area contributed by atoms with E-state index in [2.05, 4.69) is 67.5 Å². The Hall–Kier alpha value is -1.31. The molecule has 28 heavy (non-hydrogen) atoms. The fourth-order valence-electron chi connectivity index (χ4n) is 3.86. The second-order valence-electron chi connectivity index (χ2n) is 10.3. The minimum absolute atomic E-state index is 0.0660. The highest BCUT2D eigenvalue weighted by Crippen LogP contribution is 2.34. The Balaban J connectivity index is 2.65. The lowest BCUT2D eigenvalue weighted by Gasteiger charge is -2.30. The molecule has 160 valence electrons. The summed E-state index contributed by atoms with van der Waals surface area (Å²) in [6, 6.07) is 4.59. The number of esters is 1. The molecule has 0 radical (unpaired) electrons. The van der Waals surface area contributed by atoms with Crippen molar-refractivity contribution in [3.63, 3.8) is 0 Å². The largest absolute Gasteiger partial charge is 0.466 e. The first-order chi connectivity index (χ1) is 13.0. The van der Waals surface area contributed by atoms with Crippen LogP contribution in [-0.2, 0) is 26.8 Å². The highest BCUT2D eigenvalue weighted by molar-refractivity contribution is 5.69. The van der Waals surface area contributed by atoms with Gasteiger partial charge in [0.2, 0.25) is 0 Å². The fraction of sp³-hybridized carbons (Fsp3) is 0.731. The van der Waals surface area contributed by atoms with Crippen molar-refractivity contribution in [1.82, 2.24) is 0 Å². The summed E-state index contributed by atoms with van der Waals surface area (Å²) >= 11 is 0. The van der Waals surface area contributed by atoms with Crippen LogP contribution in [0.2, 0.25) is 0 Å². The topological polar surface area (TPSA) is 26.3 Å². The smallest absolute Gasteiger partial charge is 0.306 e. The van der Waals surface area contributed by atoms with Crippen LogP contribution in [0.15, 0.2) is 12.1 Å². The Morgan fingerprint density at radius 1 is 0.857 bits per heavy atom. The number of unbranched alkanes of at least 4 members (excludes halogenated alkanes) is 5. The number of hydrogen-bond donors (Lipinski definition) is 0. The lowest BCUT2D eigenvalue weighted by atomic mass is 9.75. The summed E-state index contributed by atoms with van der Waals surface area (Å²) in [4.78, 5) is 12.2. The highest BCUT2D eigenvalue weighted by Gasteiger charge is 2.24. The monoisotopic (exact) mass is 388 g/mol. The van der Waals surface area contributed by atoms with Crippen LogP contribution in [-0.4, -0.2) is 12.6 Å². The molecule has 2 heteroatoms. The minimum Gasteiger partial charge on any atom is -0.466 e. The Labute approximate surface area is 174 Å². The van der Waals surface area contributed by atoms with Gasteiger partial charge in [0.25, 0.3) is 0 Å². The third-order valence-electron chi connectivity index (χ3n) is 5.46. The van der Waals surface area contributed by atoms with Crippen molar-refractivity contribution in [2.75, 3.05) is 6.61 Å². The average molecular weight is 389 g/mol. The van der Waals surface area contributed by atoms with Gasteiger partial charge in [-0.2, -0.15) is 0 Å². The van der Waals surface area contributed by atoms with Crippen LogP contribution in [0, 0.1) is 6.92 Å². The van der Waals surface area contributed by atoms with Crippen molar-refractivity contribution in [2.24, 2.45) is 0 Å². The van der Waals surface area contributed by atoms with E-state index in [0.29, 0.717) is 13.0 Å². The summed E-state index contributed by atoms with van der Waals surface area (Å²) in [5.74, 6) is -0.0660. The zero-order valence-electron chi connectivity index (χ0n) is 19.8. The molecular weight excluding hydrogens is 344 g/mol. The summed E-state index contributed by atoms with van der Waals surface area (Å²) in [5.41, 5.74) is 5.59. The molecule has 1 rings (SSSR count). The van der Waals surface area contributed by atoms with Crippen LogP contribution < -0.4 is 0 Å². The number of rotatable bonds is 10. The fourth-order valence-corrected chi connectivity index (χ4v) is 3.86. The second-order valence-corrected chi connectivity index (χ2v) is 10.3. The van der Waals surface area contributed by atoms with E-state index in [4.69, 9.17) is 4.74 Å². The molecule has 0 aliphatic heterocycles. The van der Waals surface area contributed by atoms with Crippen LogP contribution in [0.4, 0.5) is 0 Å². The van der Waals surface area contributed by atoms with Crippen molar-refractivity contribution in [1.29, 1.82) is 0 Å². The van der Waals surface area contributed by atoms with Crippen LogP contribution in [0.25, 0.3) is 0 Å². The van der Waals surface area contributed by atoms with E-state index in [-0.39, 0.29) is 16.8 Å². The van der Waals surface area contributed by atoms with Gasteiger partial charge in [0, 0.05) is 6.42 Å². The van der Waals surface area contributed by atoms with Crippen molar-refractivity contribution in [3.8, 4) is 0 Å². The normalized spacial score (nSPS) is 12.3. The number of hydrogen-bond acceptors (Lipinski definition) is 2.